The monoisotopic (exact) mass is 396 g/mol. The van der Waals surface area contributed by atoms with Gasteiger partial charge in [0.25, 0.3) is 5.91 Å². The molecule has 1 amide bonds. The molecule has 0 aliphatic carbocycles. The van der Waals surface area contributed by atoms with Crippen molar-refractivity contribution in [1.82, 2.24) is 5.43 Å². The van der Waals surface area contributed by atoms with Crippen molar-refractivity contribution in [3.63, 3.8) is 0 Å². The van der Waals surface area contributed by atoms with Gasteiger partial charge in [-0.3, -0.25) is 4.79 Å². The molecule has 0 radical (unpaired) electrons. The largest absolute Gasteiger partial charge is 0.493 e. The summed E-state index contributed by atoms with van der Waals surface area (Å²) in [5.74, 6) is 0.467. The van der Waals surface area contributed by atoms with Crippen molar-refractivity contribution in [2.24, 2.45) is 5.10 Å². The lowest BCUT2D eigenvalue weighted by atomic mass is 10.0. The normalized spacial score (nSPS) is 11.0. The van der Waals surface area contributed by atoms with Crippen molar-refractivity contribution in [2.45, 2.75) is 6.92 Å². The molecule has 0 fully saturated rings. The van der Waals surface area contributed by atoms with Crippen LogP contribution in [0.3, 0.4) is 0 Å². The molecule has 0 saturated heterocycles. The number of benzene rings is 3. The number of carbonyl (C=O) groups excluding carboxylic acids is 1. The van der Waals surface area contributed by atoms with Gasteiger partial charge in [0.05, 0.1) is 12.8 Å². The quantitative estimate of drug-likeness (QED) is 0.498. The molecule has 4 nitrogen and oxygen atoms in total. The fourth-order valence-electron chi connectivity index (χ4n) is 2.55. The lowest BCUT2D eigenvalue weighted by molar-refractivity contribution is 0.0957. The molecule has 5 heteroatoms. The summed E-state index contributed by atoms with van der Waals surface area (Å²) in [6, 6.07) is 19.0. The molecule has 0 spiro atoms. The van der Waals surface area contributed by atoms with E-state index in [0.29, 0.717) is 17.9 Å². The molecule has 0 aliphatic rings. The summed E-state index contributed by atoms with van der Waals surface area (Å²) in [4.78, 5) is 12.5. The van der Waals surface area contributed by atoms with Gasteiger partial charge in [0.15, 0.2) is 0 Å². The Labute approximate surface area is 154 Å². The Bertz CT molecular complexity index is 933. The maximum absolute atomic E-state index is 12.5. The molecule has 0 aliphatic heterocycles. The molecule has 0 atom stereocenters. The molecule has 3 rings (SSSR count). The SMILES string of the molecule is CCOc1ccc(Br)cc1/C=N\NC(=O)c1cccc2ccccc12. The van der Waals surface area contributed by atoms with E-state index in [-0.39, 0.29) is 5.91 Å². The van der Waals surface area contributed by atoms with Gasteiger partial charge in [-0.25, -0.2) is 5.43 Å². The molecule has 0 heterocycles. The lowest BCUT2D eigenvalue weighted by Gasteiger charge is -2.07. The van der Waals surface area contributed by atoms with Gasteiger partial charge in [-0.05, 0) is 42.0 Å². The zero-order valence-electron chi connectivity index (χ0n) is 13.7. The number of nitrogens with zero attached hydrogens (tertiary/aromatic N) is 1. The first-order valence-corrected chi connectivity index (χ1v) is 8.72. The summed E-state index contributed by atoms with van der Waals surface area (Å²) in [5.41, 5.74) is 3.97. The highest BCUT2D eigenvalue weighted by atomic mass is 79.9. The molecule has 0 aromatic heterocycles. The molecular formula is C20H17BrN2O2. The van der Waals surface area contributed by atoms with E-state index in [4.69, 9.17) is 4.74 Å². The van der Waals surface area contributed by atoms with E-state index in [1.54, 1.807) is 12.3 Å². The second-order valence-electron chi connectivity index (χ2n) is 5.34. The minimum Gasteiger partial charge on any atom is -0.493 e. The fourth-order valence-corrected chi connectivity index (χ4v) is 2.93. The summed E-state index contributed by atoms with van der Waals surface area (Å²) in [6.07, 6.45) is 1.58. The summed E-state index contributed by atoms with van der Waals surface area (Å²) < 4.78 is 6.48. The first-order valence-electron chi connectivity index (χ1n) is 7.92. The molecule has 0 saturated carbocycles. The van der Waals surface area contributed by atoms with E-state index in [9.17, 15) is 4.79 Å². The predicted octanol–water partition coefficient (Wildman–Crippen LogP) is 4.76. The molecule has 1 N–H and O–H groups in total. The Balaban J connectivity index is 1.80. The van der Waals surface area contributed by atoms with Crippen LogP contribution in [0.4, 0.5) is 0 Å². The fraction of sp³-hybridized carbons (Fsp3) is 0.100. The van der Waals surface area contributed by atoms with E-state index in [1.807, 2.05) is 61.5 Å². The highest BCUT2D eigenvalue weighted by molar-refractivity contribution is 9.10. The molecule has 3 aromatic rings. The molecular weight excluding hydrogens is 380 g/mol. The van der Waals surface area contributed by atoms with Crippen molar-refractivity contribution in [1.29, 1.82) is 0 Å². The van der Waals surface area contributed by atoms with Crippen LogP contribution in [-0.2, 0) is 0 Å². The Hall–Kier alpha value is -2.66. The van der Waals surface area contributed by atoms with E-state index in [1.165, 1.54) is 0 Å². The number of hydrazone groups is 1. The number of hydrogen-bond donors (Lipinski definition) is 1. The van der Waals surface area contributed by atoms with Crippen molar-refractivity contribution in [3.05, 3.63) is 76.3 Å². The minimum atomic E-state index is -0.249. The highest BCUT2D eigenvalue weighted by Gasteiger charge is 2.08. The van der Waals surface area contributed by atoms with Crippen LogP contribution >= 0.6 is 15.9 Å². The Kier molecular flexibility index (Phi) is 5.46. The number of carbonyl (C=O) groups is 1. The zero-order chi connectivity index (χ0) is 17.6. The summed E-state index contributed by atoms with van der Waals surface area (Å²) in [7, 11) is 0. The average Bonchev–Trinajstić information content (AvgIpc) is 2.63. The molecule has 25 heavy (non-hydrogen) atoms. The van der Waals surface area contributed by atoms with Gasteiger partial charge >= 0.3 is 0 Å². The third-order valence-corrected chi connectivity index (χ3v) is 4.17. The van der Waals surface area contributed by atoms with Crippen LogP contribution in [0.25, 0.3) is 10.8 Å². The maximum atomic E-state index is 12.5. The van der Waals surface area contributed by atoms with Crippen molar-refractivity contribution >= 4 is 38.8 Å². The third kappa shape index (κ3) is 4.06. The smallest absolute Gasteiger partial charge is 0.271 e. The second-order valence-corrected chi connectivity index (χ2v) is 6.26. The van der Waals surface area contributed by atoms with Gasteiger partial charge in [0, 0.05) is 15.6 Å². The van der Waals surface area contributed by atoms with Crippen LogP contribution in [0.2, 0.25) is 0 Å². The van der Waals surface area contributed by atoms with Crippen LogP contribution in [-0.4, -0.2) is 18.7 Å². The highest BCUT2D eigenvalue weighted by Crippen LogP contribution is 2.22. The zero-order valence-corrected chi connectivity index (χ0v) is 15.3. The van der Waals surface area contributed by atoms with Crippen molar-refractivity contribution in [3.8, 4) is 5.75 Å². The number of fused-ring (bicyclic) bond motifs is 1. The summed E-state index contributed by atoms with van der Waals surface area (Å²) >= 11 is 3.43. The van der Waals surface area contributed by atoms with Crippen LogP contribution in [0, 0.1) is 0 Å². The van der Waals surface area contributed by atoms with Crippen LogP contribution in [0.15, 0.2) is 70.2 Å². The third-order valence-electron chi connectivity index (χ3n) is 3.68. The van der Waals surface area contributed by atoms with Crippen molar-refractivity contribution in [2.75, 3.05) is 6.61 Å². The number of amides is 1. The van der Waals surface area contributed by atoms with Crippen LogP contribution in [0.5, 0.6) is 5.75 Å². The molecule has 126 valence electrons. The standard InChI is InChI=1S/C20H17BrN2O2/c1-2-25-19-11-10-16(21)12-15(19)13-22-23-20(24)18-9-5-7-14-6-3-4-8-17(14)18/h3-13H,2H2,1H3,(H,23,24)/b22-13-. The number of halogens is 1. The first-order chi connectivity index (χ1) is 12.2. The van der Waals surface area contributed by atoms with E-state index in [0.717, 1.165) is 20.8 Å². The number of nitrogens with one attached hydrogen (secondary N) is 1. The van der Waals surface area contributed by atoms with Gasteiger partial charge in [0.1, 0.15) is 5.75 Å². The van der Waals surface area contributed by atoms with Gasteiger partial charge in [0.2, 0.25) is 0 Å². The maximum Gasteiger partial charge on any atom is 0.271 e. The molecule has 3 aromatic carbocycles. The first kappa shape index (κ1) is 17.2. The van der Waals surface area contributed by atoms with E-state index < -0.39 is 0 Å². The lowest BCUT2D eigenvalue weighted by Crippen LogP contribution is -2.18. The minimum absolute atomic E-state index is 0.249. The van der Waals surface area contributed by atoms with Crippen molar-refractivity contribution < 1.29 is 9.53 Å². The van der Waals surface area contributed by atoms with Gasteiger partial charge in [-0.15, -0.1) is 0 Å². The average molecular weight is 397 g/mol. The Morgan fingerprint density at radius 1 is 1.16 bits per heavy atom. The number of hydrogen-bond acceptors (Lipinski definition) is 3. The topological polar surface area (TPSA) is 50.7 Å². The molecule has 0 unspecified atom stereocenters. The van der Waals surface area contributed by atoms with Crippen LogP contribution in [0.1, 0.15) is 22.8 Å². The summed E-state index contributed by atoms with van der Waals surface area (Å²) in [6.45, 7) is 2.48. The Morgan fingerprint density at radius 2 is 1.96 bits per heavy atom. The van der Waals surface area contributed by atoms with E-state index in [2.05, 4.69) is 26.5 Å². The molecule has 0 bridgehead atoms. The second kappa shape index (κ2) is 7.94. The predicted molar refractivity (Wildman–Crippen MR) is 104 cm³/mol. The van der Waals surface area contributed by atoms with Gasteiger partial charge < -0.3 is 4.74 Å². The van der Waals surface area contributed by atoms with Gasteiger partial charge in [-0.2, -0.15) is 5.10 Å². The summed E-state index contributed by atoms with van der Waals surface area (Å²) in [5, 5.41) is 6.00. The van der Waals surface area contributed by atoms with E-state index >= 15 is 0 Å². The van der Waals surface area contributed by atoms with Crippen LogP contribution < -0.4 is 10.2 Å². The Morgan fingerprint density at radius 3 is 2.80 bits per heavy atom. The van der Waals surface area contributed by atoms with Gasteiger partial charge in [-0.1, -0.05) is 52.3 Å². The number of ether oxygens (including phenoxy) is 1. The number of rotatable bonds is 5.